The lowest BCUT2D eigenvalue weighted by Crippen LogP contribution is -2.17. The molecule has 0 saturated heterocycles. The van der Waals surface area contributed by atoms with E-state index in [1.807, 2.05) is 26.8 Å². The fourth-order valence-electron chi connectivity index (χ4n) is 2.08. The average Bonchev–Trinajstić information content (AvgIpc) is 2.37. The molecule has 0 amide bonds. The van der Waals surface area contributed by atoms with Crippen LogP contribution in [0.3, 0.4) is 0 Å². The van der Waals surface area contributed by atoms with Gasteiger partial charge in [0.05, 0.1) is 0 Å². The average molecular weight is 298 g/mol. The summed E-state index contributed by atoms with van der Waals surface area (Å²) >= 11 is 0. The van der Waals surface area contributed by atoms with Crippen molar-refractivity contribution in [2.45, 2.75) is 33.1 Å². The molecule has 2 rings (SSSR count). The number of hydrogen-bond acceptors (Lipinski definition) is 3. The van der Waals surface area contributed by atoms with Gasteiger partial charge in [0.25, 0.3) is 0 Å². The number of benzene rings is 1. The summed E-state index contributed by atoms with van der Waals surface area (Å²) in [6.45, 7) is 6.48. The van der Waals surface area contributed by atoms with Crippen LogP contribution in [0.5, 0.6) is 5.75 Å². The molecule has 0 spiro atoms. The van der Waals surface area contributed by atoms with Crippen molar-refractivity contribution in [3.05, 3.63) is 30.0 Å². The van der Waals surface area contributed by atoms with Crippen LogP contribution in [0.4, 0.5) is 18.9 Å². The van der Waals surface area contributed by atoms with Crippen molar-refractivity contribution in [2.24, 2.45) is 0 Å². The summed E-state index contributed by atoms with van der Waals surface area (Å²) in [4.78, 5) is 4.34. The standard InChI is InChI=1S/C15H17F3N2O/c1-4-19-12-8-11(9(2)3)20-14-10(12)6-5-7-13(14)21-15(16,17)18/h5-9H,4H2,1-3H3,(H,19,20). The Bertz CT molecular complexity index is 639. The molecule has 114 valence electrons. The predicted octanol–water partition coefficient (Wildman–Crippen LogP) is 4.69. The van der Waals surface area contributed by atoms with Gasteiger partial charge in [0.15, 0.2) is 5.75 Å². The summed E-state index contributed by atoms with van der Waals surface area (Å²) in [5.41, 5.74) is 1.70. The van der Waals surface area contributed by atoms with Crippen LogP contribution in [0.2, 0.25) is 0 Å². The van der Waals surface area contributed by atoms with E-state index in [0.29, 0.717) is 11.9 Å². The van der Waals surface area contributed by atoms with Gasteiger partial charge in [-0.1, -0.05) is 26.0 Å². The van der Waals surface area contributed by atoms with Crippen LogP contribution in [-0.2, 0) is 0 Å². The summed E-state index contributed by atoms with van der Waals surface area (Å²) in [5.74, 6) is -0.174. The molecule has 6 heteroatoms. The van der Waals surface area contributed by atoms with E-state index in [1.54, 1.807) is 6.07 Å². The first-order valence-electron chi connectivity index (χ1n) is 6.75. The summed E-state index contributed by atoms with van der Waals surface area (Å²) in [5, 5.41) is 3.77. The number of para-hydroxylation sites is 1. The van der Waals surface area contributed by atoms with E-state index in [4.69, 9.17) is 0 Å². The molecule has 1 N–H and O–H groups in total. The van der Waals surface area contributed by atoms with E-state index in [1.165, 1.54) is 12.1 Å². The van der Waals surface area contributed by atoms with Crippen LogP contribution in [0.1, 0.15) is 32.4 Å². The molecule has 0 unspecified atom stereocenters. The summed E-state index contributed by atoms with van der Waals surface area (Å²) in [6, 6.07) is 6.41. The fourth-order valence-corrected chi connectivity index (χ4v) is 2.08. The highest BCUT2D eigenvalue weighted by molar-refractivity contribution is 5.95. The van der Waals surface area contributed by atoms with E-state index < -0.39 is 6.36 Å². The maximum atomic E-state index is 12.5. The molecule has 1 heterocycles. The van der Waals surface area contributed by atoms with Crippen molar-refractivity contribution in [3.8, 4) is 5.75 Å². The number of nitrogens with zero attached hydrogens (tertiary/aromatic N) is 1. The Kier molecular flexibility index (Phi) is 4.25. The molecule has 2 aromatic rings. The van der Waals surface area contributed by atoms with Gasteiger partial charge < -0.3 is 10.1 Å². The summed E-state index contributed by atoms with van der Waals surface area (Å²) in [6.07, 6.45) is -4.73. The molecule has 0 aliphatic rings. The molecule has 0 bridgehead atoms. The Labute approximate surface area is 121 Å². The van der Waals surface area contributed by atoms with E-state index >= 15 is 0 Å². The van der Waals surface area contributed by atoms with E-state index in [-0.39, 0.29) is 17.2 Å². The zero-order valence-corrected chi connectivity index (χ0v) is 12.1. The molecule has 3 nitrogen and oxygen atoms in total. The number of aromatic nitrogens is 1. The van der Waals surface area contributed by atoms with Gasteiger partial charge in [-0.3, -0.25) is 0 Å². The Morgan fingerprint density at radius 1 is 1.29 bits per heavy atom. The zero-order valence-electron chi connectivity index (χ0n) is 12.1. The zero-order chi connectivity index (χ0) is 15.6. The first-order valence-corrected chi connectivity index (χ1v) is 6.75. The number of halogens is 3. The molecular weight excluding hydrogens is 281 g/mol. The van der Waals surface area contributed by atoms with Gasteiger partial charge in [-0.25, -0.2) is 4.98 Å². The van der Waals surface area contributed by atoms with Crippen molar-refractivity contribution in [1.29, 1.82) is 0 Å². The van der Waals surface area contributed by atoms with Crippen molar-refractivity contribution in [2.75, 3.05) is 11.9 Å². The van der Waals surface area contributed by atoms with Gasteiger partial charge in [0.1, 0.15) is 5.52 Å². The van der Waals surface area contributed by atoms with E-state index in [0.717, 1.165) is 11.4 Å². The molecule has 0 radical (unpaired) electrons. The highest BCUT2D eigenvalue weighted by atomic mass is 19.4. The van der Waals surface area contributed by atoms with Gasteiger partial charge >= 0.3 is 6.36 Å². The highest BCUT2D eigenvalue weighted by Gasteiger charge is 2.32. The van der Waals surface area contributed by atoms with Crippen molar-refractivity contribution in [1.82, 2.24) is 4.98 Å². The lowest BCUT2D eigenvalue weighted by atomic mass is 10.1. The smallest absolute Gasteiger partial charge is 0.403 e. The third-order valence-corrected chi connectivity index (χ3v) is 3.01. The van der Waals surface area contributed by atoms with Gasteiger partial charge in [-0.15, -0.1) is 13.2 Å². The van der Waals surface area contributed by atoms with Crippen LogP contribution >= 0.6 is 0 Å². The molecule has 0 fully saturated rings. The number of fused-ring (bicyclic) bond motifs is 1. The quantitative estimate of drug-likeness (QED) is 0.889. The monoisotopic (exact) mass is 298 g/mol. The summed E-state index contributed by atoms with van der Waals surface area (Å²) < 4.78 is 41.6. The molecule has 0 atom stereocenters. The van der Waals surface area contributed by atoms with E-state index in [9.17, 15) is 13.2 Å². The largest absolute Gasteiger partial charge is 0.573 e. The Balaban J connectivity index is 2.66. The lowest BCUT2D eigenvalue weighted by Gasteiger charge is -2.16. The molecular formula is C15H17F3N2O. The Hall–Kier alpha value is -1.98. The molecule has 0 saturated carbocycles. The number of anilines is 1. The molecule has 21 heavy (non-hydrogen) atoms. The Morgan fingerprint density at radius 3 is 2.57 bits per heavy atom. The highest BCUT2D eigenvalue weighted by Crippen LogP contribution is 2.34. The minimum absolute atomic E-state index is 0.103. The van der Waals surface area contributed by atoms with Crippen LogP contribution in [0.25, 0.3) is 10.9 Å². The number of nitrogens with one attached hydrogen (secondary N) is 1. The van der Waals surface area contributed by atoms with Crippen LogP contribution in [0.15, 0.2) is 24.3 Å². The normalized spacial score (nSPS) is 12.0. The molecule has 1 aromatic heterocycles. The van der Waals surface area contributed by atoms with Crippen LogP contribution in [0, 0.1) is 0 Å². The minimum Gasteiger partial charge on any atom is -0.403 e. The maximum Gasteiger partial charge on any atom is 0.573 e. The van der Waals surface area contributed by atoms with Crippen molar-refractivity contribution >= 4 is 16.6 Å². The third-order valence-electron chi connectivity index (χ3n) is 3.01. The van der Waals surface area contributed by atoms with Gasteiger partial charge in [0, 0.05) is 23.3 Å². The second-order valence-electron chi connectivity index (χ2n) is 4.98. The first-order chi connectivity index (χ1) is 9.81. The van der Waals surface area contributed by atoms with Crippen LogP contribution in [-0.4, -0.2) is 17.9 Å². The Morgan fingerprint density at radius 2 is 2.00 bits per heavy atom. The van der Waals surface area contributed by atoms with Gasteiger partial charge in [-0.05, 0) is 25.0 Å². The minimum atomic E-state index is -4.73. The van der Waals surface area contributed by atoms with Gasteiger partial charge in [-0.2, -0.15) is 0 Å². The van der Waals surface area contributed by atoms with Crippen molar-refractivity contribution in [3.63, 3.8) is 0 Å². The van der Waals surface area contributed by atoms with Gasteiger partial charge in [0.2, 0.25) is 0 Å². The first kappa shape index (κ1) is 15.4. The number of rotatable bonds is 4. The SMILES string of the molecule is CCNc1cc(C(C)C)nc2c(OC(F)(F)F)cccc12. The number of alkyl halides is 3. The number of pyridine rings is 1. The molecule has 1 aromatic carbocycles. The second kappa shape index (κ2) is 5.79. The lowest BCUT2D eigenvalue weighted by molar-refractivity contribution is -0.274. The molecule has 0 aliphatic carbocycles. The van der Waals surface area contributed by atoms with Crippen molar-refractivity contribution < 1.29 is 17.9 Å². The second-order valence-corrected chi connectivity index (χ2v) is 4.98. The number of hydrogen-bond donors (Lipinski definition) is 1. The fraction of sp³-hybridized carbons (Fsp3) is 0.400. The maximum absolute atomic E-state index is 12.5. The molecule has 0 aliphatic heterocycles. The third kappa shape index (κ3) is 3.56. The predicted molar refractivity (Wildman–Crippen MR) is 76.7 cm³/mol. The summed E-state index contributed by atoms with van der Waals surface area (Å²) in [7, 11) is 0. The van der Waals surface area contributed by atoms with E-state index in [2.05, 4.69) is 15.0 Å². The van der Waals surface area contributed by atoms with Crippen LogP contribution < -0.4 is 10.1 Å². The number of ether oxygens (including phenoxy) is 1. The topological polar surface area (TPSA) is 34.2 Å².